The van der Waals surface area contributed by atoms with Crippen molar-refractivity contribution in [2.75, 3.05) is 0 Å². The van der Waals surface area contributed by atoms with E-state index >= 15 is 0 Å². The number of rotatable bonds is 2. The third-order valence-electron chi connectivity index (χ3n) is 4.04. The van der Waals surface area contributed by atoms with E-state index in [1.807, 2.05) is 0 Å². The van der Waals surface area contributed by atoms with Crippen LogP contribution in [0.2, 0.25) is 0 Å². The summed E-state index contributed by atoms with van der Waals surface area (Å²) in [6, 6.07) is 0. The quantitative estimate of drug-likeness (QED) is 0.567. The number of hydrogen-bond donors (Lipinski definition) is 0. The van der Waals surface area contributed by atoms with Crippen molar-refractivity contribution in [3.05, 3.63) is 0 Å². The predicted octanol–water partition coefficient (Wildman–Crippen LogP) is 3.61. The summed E-state index contributed by atoms with van der Waals surface area (Å²) >= 11 is 0. The van der Waals surface area contributed by atoms with Crippen LogP contribution in [0.5, 0.6) is 0 Å². The molecule has 0 atom stereocenters. The first-order chi connectivity index (χ1) is 5.28. The molecule has 2 aliphatic carbocycles. The van der Waals surface area contributed by atoms with Crippen LogP contribution in [-0.2, 0) is 0 Å². The SMILES string of the molecule is CCC1CC2(C1)CC(CC)C2. The maximum Gasteiger partial charge on any atom is -0.0287 e. The largest absolute Gasteiger partial charge is 0.0651 e. The summed E-state index contributed by atoms with van der Waals surface area (Å²) in [6.07, 6.45) is 9.14. The molecule has 11 heavy (non-hydrogen) atoms. The minimum Gasteiger partial charge on any atom is -0.0651 e. The first kappa shape index (κ1) is 7.64. The third-order valence-corrected chi connectivity index (χ3v) is 4.04. The minimum atomic E-state index is 0.890. The standard InChI is InChI=1S/C11H20/c1-3-9-5-11(6-9)7-10(4-2)8-11/h9-10H,3-8H2,1-2H3. The highest BCUT2D eigenvalue weighted by atomic mass is 14.6. The fraction of sp³-hybridized carbons (Fsp3) is 1.00. The van der Waals surface area contributed by atoms with Gasteiger partial charge in [-0.25, -0.2) is 0 Å². The highest BCUT2D eigenvalue weighted by Gasteiger charge is 2.50. The van der Waals surface area contributed by atoms with Crippen LogP contribution in [-0.4, -0.2) is 0 Å². The van der Waals surface area contributed by atoms with Crippen molar-refractivity contribution in [1.82, 2.24) is 0 Å². The summed E-state index contributed by atoms with van der Waals surface area (Å²) in [7, 11) is 0. The van der Waals surface area contributed by atoms with Crippen molar-refractivity contribution in [2.45, 2.75) is 52.4 Å². The maximum absolute atomic E-state index is 2.34. The van der Waals surface area contributed by atoms with Gasteiger partial charge in [0.2, 0.25) is 0 Å². The second-order valence-electron chi connectivity index (χ2n) is 4.87. The zero-order valence-electron chi connectivity index (χ0n) is 7.90. The Bertz CT molecular complexity index is 115. The van der Waals surface area contributed by atoms with Gasteiger partial charge in [-0.05, 0) is 42.9 Å². The molecule has 0 radical (unpaired) electrons. The van der Waals surface area contributed by atoms with Crippen molar-refractivity contribution in [2.24, 2.45) is 17.3 Å². The molecule has 0 amide bonds. The van der Waals surface area contributed by atoms with Crippen LogP contribution in [0.3, 0.4) is 0 Å². The van der Waals surface area contributed by atoms with Gasteiger partial charge in [0.25, 0.3) is 0 Å². The molecule has 0 aromatic heterocycles. The van der Waals surface area contributed by atoms with Crippen molar-refractivity contribution in [3.63, 3.8) is 0 Å². The van der Waals surface area contributed by atoms with Gasteiger partial charge in [0, 0.05) is 0 Å². The summed E-state index contributed by atoms with van der Waals surface area (Å²) < 4.78 is 0. The Morgan fingerprint density at radius 1 is 0.909 bits per heavy atom. The second-order valence-corrected chi connectivity index (χ2v) is 4.87. The molecule has 0 saturated heterocycles. The average Bonchev–Trinajstić information content (AvgIpc) is 1.83. The molecule has 2 fully saturated rings. The van der Waals surface area contributed by atoms with E-state index in [0.29, 0.717) is 0 Å². The van der Waals surface area contributed by atoms with Crippen LogP contribution in [0.1, 0.15) is 52.4 Å². The van der Waals surface area contributed by atoms with Gasteiger partial charge < -0.3 is 0 Å². The molecule has 2 aliphatic rings. The lowest BCUT2D eigenvalue weighted by molar-refractivity contribution is -0.0697. The summed E-state index contributed by atoms with van der Waals surface area (Å²) in [5, 5.41) is 0. The van der Waals surface area contributed by atoms with Crippen LogP contribution < -0.4 is 0 Å². The summed E-state index contributed by atoms with van der Waals surface area (Å²) in [5.41, 5.74) is 0.890. The van der Waals surface area contributed by atoms with Crippen molar-refractivity contribution < 1.29 is 0 Å². The Kier molecular flexibility index (Phi) is 1.74. The van der Waals surface area contributed by atoms with E-state index in [0.717, 1.165) is 17.3 Å². The van der Waals surface area contributed by atoms with E-state index in [1.54, 1.807) is 25.7 Å². The molecule has 2 saturated carbocycles. The molecule has 0 N–H and O–H groups in total. The normalized spacial score (nSPS) is 48.5. The molecular weight excluding hydrogens is 132 g/mol. The minimum absolute atomic E-state index is 0.890. The highest BCUT2D eigenvalue weighted by molar-refractivity contribution is 5.01. The van der Waals surface area contributed by atoms with Crippen LogP contribution in [0.15, 0.2) is 0 Å². The second kappa shape index (κ2) is 2.50. The Morgan fingerprint density at radius 3 is 1.55 bits per heavy atom. The van der Waals surface area contributed by atoms with Crippen LogP contribution >= 0.6 is 0 Å². The molecular formula is C11H20. The van der Waals surface area contributed by atoms with Crippen molar-refractivity contribution in [1.29, 1.82) is 0 Å². The third kappa shape index (κ3) is 1.11. The van der Waals surface area contributed by atoms with Gasteiger partial charge in [-0.15, -0.1) is 0 Å². The molecule has 0 aromatic carbocycles. The first-order valence-corrected chi connectivity index (χ1v) is 5.28. The van der Waals surface area contributed by atoms with E-state index in [9.17, 15) is 0 Å². The zero-order valence-corrected chi connectivity index (χ0v) is 7.90. The summed E-state index contributed by atoms with van der Waals surface area (Å²) in [6.45, 7) is 4.68. The van der Waals surface area contributed by atoms with E-state index < -0.39 is 0 Å². The van der Waals surface area contributed by atoms with E-state index in [1.165, 1.54) is 12.8 Å². The summed E-state index contributed by atoms with van der Waals surface area (Å²) in [4.78, 5) is 0. The van der Waals surface area contributed by atoms with E-state index in [-0.39, 0.29) is 0 Å². The molecule has 1 spiro atoms. The molecule has 0 nitrogen and oxygen atoms in total. The molecule has 0 heteroatoms. The van der Waals surface area contributed by atoms with Crippen LogP contribution in [0.4, 0.5) is 0 Å². The smallest absolute Gasteiger partial charge is 0.0287 e. The van der Waals surface area contributed by atoms with Gasteiger partial charge in [0.1, 0.15) is 0 Å². The number of hydrogen-bond acceptors (Lipinski definition) is 0. The Hall–Kier alpha value is 0. The predicted molar refractivity (Wildman–Crippen MR) is 48.5 cm³/mol. The monoisotopic (exact) mass is 152 g/mol. The molecule has 2 rings (SSSR count). The van der Waals surface area contributed by atoms with Gasteiger partial charge in [-0.1, -0.05) is 26.7 Å². The molecule has 0 aliphatic heterocycles. The van der Waals surface area contributed by atoms with Crippen LogP contribution in [0, 0.1) is 17.3 Å². The first-order valence-electron chi connectivity index (χ1n) is 5.28. The lowest BCUT2D eigenvalue weighted by Crippen LogP contribution is -2.47. The molecule has 0 heterocycles. The lowest BCUT2D eigenvalue weighted by atomic mass is 9.47. The Morgan fingerprint density at radius 2 is 1.27 bits per heavy atom. The molecule has 0 bridgehead atoms. The maximum atomic E-state index is 2.34. The van der Waals surface area contributed by atoms with Gasteiger partial charge >= 0.3 is 0 Å². The molecule has 0 aromatic rings. The lowest BCUT2D eigenvalue weighted by Gasteiger charge is -2.58. The Labute approximate surface area is 70.4 Å². The van der Waals surface area contributed by atoms with Gasteiger partial charge in [-0.3, -0.25) is 0 Å². The van der Waals surface area contributed by atoms with Crippen molar-refractivity contribution in [3.8, 4) is 0 Å². The van der Waals surface area contributed by atoms with Crippen LogP contribution in [0.25, 0.3) is 0 Å². The fourth-order valence-electron chi connectivity index (χ4n) is 3.24. The summed E-state index contributed by atoms with van der Waals surface area (Å²) in [5.74, 6) is 2.21. The van der Waals surface area contributed by atoms with Gasteiger partial charge in [0.15, 0.2) is 0 Å². The van der Waals surface area contributed by atoms with Gasteiger partial charge in [-0.2, -0.15) is 0 Å². The van der Waals surface area contributed by atoms with E-state index in [4.69, 9.17) is 0 Å². The van der Waals surface area contributed by atoms with Gasteiger partial charge in [0.05, 0.1) is 0 Å². The topological polar surface area (TPSA) is 0 Å². The van der Waals surface area contributed by atoms with Crippen molar-refractivity contribution >= 4 is 0 Å². The highest BCUT2D eigenvalue weighted by Crippen LogP contribution is 2.62. The Balaban J connectivity index is 1.75. The average molecular weight is 152 g/mol. The van der Waals surface area contributed by atoms with E-state index in [2.05, 4.69) is 13.8 Å². The fourth-order valence-corrected chi connectivity index (χ4v) is 3.24. The molecule has 64 valence electrons. The zero-order chi connectivity index (χ0) is 7.90. The molecule has 0 unspecified atom stereocenters.